The van der Waals surface area contributed by atoms with Gasteiger partial charge >= 0.3 is 0 Å². The molecule has 3 nitrogen and oxygen atoms in total. The summed E-state index contributed by atoms with van der Waals surface area (Å²) in [7, 11) is 0. The molecule has 0 aliphatic carbocycles. The number of rotatable bonds is 4. The fraction of sp³-hybridized carbons (Fsp3) is 0.350. The smallest absolute Gasteiger partial charge is 0.253 e. The van der Waals surface area contributed by atoms with E-state index in [-0.39, 0.29) is 18.3 Å². The fourth-order valence-electron chi connectivity index (χ4n) is 3.29. The zero-order valence-electron chi connectivity index (χ0n) is 13.9. The molecule has 24 heavy (non-hydrogen) atoms. The molecule has 1 aliphatic heterocycles. The van der Waals surface area contributed by atoms with Crippen LogP contribution in [-0.2, 0) is 6.42 Å². The van der Waals surface area contributed by atoms with Crippen LogP contribution in [0.1, 0.15) is 35.2 Å². The highest BCUT2D eigenvalue weighted by atomic mass is 35.5. The van der Waals surface area contributed by atoms with Gasteiger partial charge in [0.15, 0.2) is 0 Å². The van der Waals surface area contributed by atoms with E-state index in [1.165, 1.54) is 12.0 Å². The van der Waals surface area contributed by atoms with Crippen molar-refractivity contribution in [3.63, 3.8) is 0 Å². The molecule has 2 N–H and O–H groups in total. The standard InChI is InChI=1S/C20H24N2O.ClH/c21-19-8-4-7-18(15-19)20(23)22-13-11-17(12-14-22)10-9-16-5-2-1-3-6-16;/h1-8,15,17H,9-14,21H2;1H. The number of carbonyl (C=O) groups excluding carboxylic acids is 1. The number of halogens is 1. The summed E-state index contributed by atoms with van der Waals surface area (Å²) in [6.45, 7) is 1.71. The molecular formula is C20H25ClN2O. The van der Waals surface area contributed by atoms with Crippen LogP contribution in [0.3, 0.4) is 0 Å². The Morgan fingerprint density at radius 3 is 2.42 bits per heavy atom. The van der Waals surface area contributed by atoms with Crippen molar-refractivity contribution in [1.82, 2.24) is 4.90 Å². The van der Waals surface area contributed by atoms with E-state index in [0.29, 0.717) is 11.3 Å². The molecule has 0 unspecified atom stereocenters. The van der Waals surface area contributed by atoms with Crippen LogP contribution in [0.25, 0.3) is 0 Å². The number of likely N-dealkylation sites (tertiary alicyclic amines) is 1. The number of amides is 1. The third kappa shape index (κ3) is 4.75. The first kappa shape index (κ1) is 18.3. The summed E-state index contributed by atoms with van der Waals surface area (Å²) in [5.74, 6) is 0.832. The third-order valence-corrected chi connectivity index (χ3v) is 4.72. The largest absolute Gasteiger partial charge is 0.399 e. The molecule has 0 bridgehead atoms. The lowest BCUT2D eigenvalue weighted by Crippen LogP contribution is -2.38. The molecule has 0 atom stereocenters. The van der Waals surface area contributed by atoms with Gasteiger partial charge in [-0.25, -0.2) is 0 Å². The Hall–Kier alpha value is -2.00. The van der Waals surface area contributed by atoms with Gasteiger partial charge in [-0.15, -0.1) is 12.4 Å². The maximum Gasteiger partial charge on any atom is 0.253 e. The highest BCUT2D eigenvalue weighted by Gasteiger charge is 2.23. The maximum absolute atomic E-state index is 12.5. The van der Waals surface area contributed by atoms with Crippen LogP contribution in [0.4, 0.5) is 5.69 Å². The van der Waals surface area contributed by atoms with Crippen molar-refractivity contribution >= 4 is 24.0 Å². The van der Waals surface area contributed by atoms with Crippen LogP contribution in [-0.4, -0.2) is 23.9 Å². The Balaban J connectivity index is 0.00000208. The number of nitrogen functional groups attached to an aromatic ring is 1. The third-order valence-electron chi connectivity index (χ3n) is 4.72. The average Bonchev–Trinajstić information content (AvgIpc) is 2.61. The minimum Gasteiger partial charge on any atom is -0.399 e. The Bertz CT molecular complexity index is 652. The molecule has 1 aliphatic rings. The Morgan fingerprint density at radius 2 is 1.75 bits per heavy atom. The molecule has 0 spiro atoms. The summed E-state index contributed by atoms with van der Waals surface area (Å²) >= 11 is 0. The molecule has 1 heterocycles. The molecule has 1 fully saturated rings. The minimum atomic E-state index is 0. The van der Waals surface area contributed by atoms with Gasteiger partial charge in [-0.05, 0) is 55.4 Å². The molecule has 0 saturated carbocycles. The molecular weight excluding hydrogens is 320 g/mol. The van der Waals surface area contributed by atoms with Crippen molar-refractivity contribution in [2.45, 2.75) is 25.7 Å². The molecule has 4 heteroatoms. The summed E-state index contributed by atoms with van der Waals surface area (Å²) in [5, 5.41) is 0. The van der Waals surface area contributed by atoms with Crippen molar-refractivity contribution in [3.8, 4) is 0 Å². The van der Waals surface area contributed by atoms with Gasteiger partial charge in [0, 0.05) is 24.3 Å². The molecule has 2 aromatic rings. The summed E-state index contributed by atoms with van der Waals surface area (Å²) < 4.78 is 0. The van der Waals surface area contributed by atoms with Crippen LogP contribution >= 0.6 is 12.4 Å². The second-order valence-corrected chi connectivity index (χ2v) is 6.39. The first-order chi connectivity index (χ1) is 11.2. The van der Waals surface area contributed by atoms with E-state index in [4.69, 9.17) is 5.73 Å². The number of benzene rings is 2. The van der Waals surface area contributed by atoms with Gasteiger partial charge in [-0.2, -0.15) is 0 Å². The molecule has 128 valence electrons. The van der Waals surface area contributed by atoms with E-state index < -0.39 is 0 Å². The first-order valence-corrected chi connectivity index (χ1v) is 8.41. The SMILES string of the molecule is Cl.Nc1cccc(C(=O)N2CCC(CCc3ccccc3)CC2)c1. The number of nitrogens with zero attached hydrogens (tertiary/aromatic N) is 1. The van der Waals surface area contributed by atoms with Crippen LogP contribution in [0.2, 0.25) is 0 Å². The van der Waals surface area contributed by atoms with Gasteiger partial charge in [0.2, 0.25) is 0 Å². The Morgan fingerprint density at radius 1 is 1.04 bits per heavy atom. The van der Waals surface area contributed by atoms with Gasteiger partial charge in [-0.3, -0.25) is 4.79 Å². The summed E-state index contributed by atoms with van der Waals surface area (Å²) in [6.07, 6.45) is 4.54. The monoisotopic (exact) mass is 344 g/mol. The highest BCUT2D eigenvalue weighted by molar-refractivity contribution is 5.95. The van der Waals surface area contributed by atoms with E-state index in [0.717, 1.165) is 38.3 Å². The molecule has 1 saturated heterocycles. The van der Waals surface area contributed by atoms with Crippen molar-refractivity contribution in [1.29, 1.82) is 0 Å². The van der Waals surface area contributed by atoms with Crippen LogP contribution in [0.15, 0.2) is 54.6 Å². The molecule has 0 radical (unpaired) electrons. The van der Waals surface area contributed by atoms with E-state index in [1.807, 2.05) is 23.1 Å². The predicted octanol–water partition coefficient (Wildman–Crippen LogP) is 4.18. The van der Waals surface area contributed by atoms with Gasteiger partial charge in [0.05, 0.1) is 0 Å². The Kier molecular flexibility index (Phi) is 6.68. The van der Waals surface area contributed by atoms with Crippen molar-refractivity contribution in [2.75, 3.05) is 18.8 Å². The number of hydrogen-bond donors (Lipinski definition) is 1. The lowest BCUT2D eigenvalue weighted by molar-refractivity contribution is 0.0687. The van der Waals surface area contributed by atoms with Gasteiger partial charge in [-0.1, -0.05) is 36.4 Å². The van der Waals surface area contributed by atoms with Crippen LogP contribution < -0.4 is 5.73 Å². The molecule has 1 amide bonds. The van der Waals surface area contributed by atoms with Crippen molar-refractivity contribution in [3.05, 3.63) is 65.7 Å². The van der Waals surface area contributed by atoms with Crippen molar-refractivity contribution in [2.24, 2.45) is 5.92 Å². The van der Waals surface area contributed by atoms with E-state index in [9.17, 15) is 4.79 Å². The van der Waals surface area contributed by atoms with Crippen LogP contribution in [0, 0.1) is 5.92 Å². The summed E-state index contributed by atoms with van der Waals surface area (Å²) in [6, 6.07) is 17.9. The lowest BCUT2D eigenvalue weighted by atomic mass is 9.90. The summed E-state index contributed by atoms with van der Waals surface area (Å²) in [4.78, 5) is 14.5. The Labute approximate surface area is 150 Å². The van der Waals surface area contributed by atoms with E-state index in [2.05, 4.69) is 30.3 Å². The van der Waals surface area contributed by atoms with Gasteiger partial charge in [0.1, 0.15) is 0 Å². The number of aryl methyl sites for hydroxylation is 1. The van der Waals surface area contributed by atoms with Crippen molar-refractivity contribution < 1.29 is 4.79 Å². The van der Waals surface area contributed by atoms with E-state index >= 15 is 0 Å². The second kappa shape index (κ2) is 8.74. The number of nitrogens with two attached hydrogens (primary N) is 1. The maximum atomic E-state index is 12.5. The van der Waals surface area contributed by atoms with Gasteiger partial charge in [0.25, 0.3) is 5.91 Å². The van der Waals surface area contributed by atoms with Crippen LogP contribution in [0.5, 0.6) is 0 Å². The number of anilines is 1. The fourth-order valence-corrected chi connectivity index (χ4v) is 3.29. The second-order valence-electron chi connectivity index (χ2n) is 6.39. The molecule has 3 rings (SSSR count). The summed E-state index contributed by atoms with van der Waals surface area (Å²) in [5.41, 5.74) is 8.53. The van der Waals surface area contributed by atoms with E-state index in [1.54, 1.807) is 6.07 Å². The highest BCUT2D eigenvalue weighted by Crippen LogP contribution is 2.23. The minimum absolute atomic E-state index is 0. The zero-order valence-corrected chi connectivity index (χ0v) is 14.7. The molecule has 2 aromatic carbocycles. The number of piperidine rings is 1. The number of hydrogen-bond acceptors (Lipinski definition) is 2. The first-order valence-electron chi connectivity index (χ1n) is 8.41. The lowest BCUT2D eigenvalue weighted by Gasteiger charge is -2.32. The normalized spacial score (nSPS) is 14.9. The predicted molar refractivity (Wildman–Crippen MR) is 101 cm³/mol. The average molecular weight is 345 g/mol. The number of carbonyl (C=O) groups is 1. The topological polar surface area (TPSA) is 46.3 Å². The van der Waals surface area contributed by atoms with Gasteiger partial charge < -0.3 is 10.6 Å². The zero-order chi connectivity index (χ0) is 16.1. The molecule has 0 aromatic heterocycles. The quantitative estimate of drug-likeness (QED) is 0.846.